The lowest BCUT2D eigenvalue weighted by Gasteiger charge is -2.29. The average Bonchev–Trinajstić information content (AvgIpc) is 2.78. The van der Waals surface area contributed by atoms with Crippen molar-refractivity contribution in [3.05, 3.63) is 89.0 Å². The first-order valence-electron chi connectivity index (χ1n) is 10.1. The first-order valence-corrected chi connectivity index (χ1v) is 10.1. The van der Waals surface area contributed by atoms with E-state index in [-0.39, 0.29) is 6.04 Å². The zero-order valence-electron chi connectivity index (χ0n) is 17.0. The predicted molar refractivity (Wildman–Crippen MR) is 115 cm³/mol. The minimum absolute atomic E-state index is 0.101. The lowest BCUT2D eigenvalue weighted by atomic mass is 9.89. The van der Waals surface area contributed by atoms with E-state index < -0.39 is 0 Å². The monoisotopic (exact) mass is 389 g/mol. The van der Waals surface area contributed by atoms with E-state index in [4.69, 9.17) is 14.2 Å². The largest absolute Gasteiger partial charge is 0.493 e. The summed E-state index contributed by atoms with van der Waals surface area (Å²) in [7, 11) is 1.69. The highest BCUT2D eigenvalue weighted by Gasteiger charge is 2.26. The Morgan fingerprint density at radius 3 is 2.62 bits per heavy atom. The summed E-state index contributed by atoms with van der Waals surface area (Å²) in [5.41, 5.74) is 4.81. The molecule has 0 aromatic heterocycles. The number of hydrogen-bond acceptors (Lipinski definition) is 4. The van der Waals surface area contributed by atoms with E-state index >= 15 is 0 Å². The molecule has 0 bridgehead atoms. The Morgan fingerprint density at radius 1 is 0.966 bits per heavy atom. The highest BCUT2D eigenvalue weighted by molar-refractivity contribution is 5.55. The van der Waals surface area contributed by atoms with Gasteiger partial charge in [0.05, 0.1) is 19.8 Å². The van der Waals surface area contributed by atoms with Crippen LogP contribution in [0.4, 0.5) is 0 Å². The van der Waals surface area contributed by atoms with Crippen LogP contribution in [0.2, 0.25) is 0 Å². The fourth-order valence-corrected chi connectivity index (χ4v) is 3.89. The van der Waals surface area contributed by atoms with Gasteiger partial charge in [-0.1, -0.05) is 48.5 Å². The van der Waals surface area contributed by atoms with Crippen LogP contribution >= 0.6 is 0 Å². The summed E-state index contributed by atoms with van der Waals surface area (Å²) in [5.74, 6) is 2.54. The molecule has 1 heterocycles. The molecule has 4 nitrogen and oxygen atoms in total. The van der Waals surface area contributed by atoms with Gasteiger partial charge in [0.1, 0.15) is 12.4 Å². The van der Waals surface area contributed by atoms with Gasteiger partial charge in [0, 0.05) is 12.1 Å². The number of fused-ring (bicyclic) bond motifs is 1. The molecule has 1 unspecified atom stereocenters. The van der Waals surface area contributed by atoms with Crippen LogP contribution in [0, 0.1) is 0 Å². The minimum atomic E-state index is 0.101. The maximum atomic E-state index is 6.04. The molecule has 1 aliphatic heterocycles. The van der Waals surface area contributed by atoms with Gasteiger partial charge >= 0.3 is 0 Å². The second kappa shape index (κ2) is 9.01. The number of hydrogen-bond donors (Lipinski definition) is 1. The molecular formula is C25H27NO3. The molecule has 3 aromatic carbocycles. The van der Waals surface area contributed by atoms with E-state index in [1.807, 2.05) is 37.3 Å². The summed E-state index contributed by atoms with van der Waals surface area (Å²) in [5, 5.41) is 3.65. The van der Waals surface area contributed by atoms with E-state index in [1.165, 1.54) is 16.7 Å². The molecule has 0 aliphatic carbocycles. The van der Waals surface area contributed by atoms with Gasteiger partial charge in [0.2, 0.25) is 0 Å². The van der Waals surface area contributed by atoms with Gasteiger partial charge in [0.15, 0.2) is 11.5 Å². The van der Waals surface area contributed by atoms with Crippen molar-refractivity contribution in [2.24, 2.45) is 0 Å². The molecule has 0 spiro atoms. The van der Waals surface area contributed by atoms with Gasteiger partial charge in [-0.25, -0.2) is 0 Å². The smallest absolute Gasteiger partial charge is 0.164 e. The number of nitrogens with one attached hydrogen (secondary N) is 1. The molecule has 150 valence electrons. The summed E-state index contributed by atoms with van der Waals surface area (Å²) < 4.78 is 17.5. The maximum absolute atomic E-state index is 6.04. The van der Waals surface area contributed by atoms with Gasteiger partial charge in [-0.15, -0.1) is 0 Å². The van der Waals surface area contributed by atoms with Gasteiger partial charge in [0.25, 0.3) is 0 Å². The summed E-state index contributed by atoms with van der Waals surface area (Å²) in [6.07, 6.45) is 0.919. The molecule has 3 aromatic rings. The van der Waals surface area contributed by atoms with Crippen LogP contribution in [0.15, 0.2) is 66.7 Å². The zero-order valence-corrected chi connectivity index (χ0v) is 17.0. The summed E-state index contributed by atoms with van der Waals surface area (Å²) in [4.78, 5) is 0. The molecule has 0 saturated heterocycles. The molecular weight excluding hydrogens is 362 g/mol. The number of rotatable bonds is 7. The minimum Gasteiger partial charge on any atom is -0.493 e. The van der Waals surface area contributed by atoms with E-state index in [0.717, 1.165) is 35.8 Å². The quantitative estimate of drug-likeness (QED) is 0.623. The van der Waals surface area contributed by atoms with Gasteiger partial charge in [-0.2, -0.15) is 0 Å². The van der Waals surface area contributed by atoms with E-state index in [0.29, 0.717) is 13.2 Å². The van der Waals surface area contributed by atoms with Crippen molar-refractivity contribution >= 4 is 0 Å². The zero-order chi connectivity index (χ0) is 20.1. The molecule has 0 radical (unpaired) electrons. The third kappa shape index (κ3) is 4.22. The summed E-state index contributed by atoms with van der Waals surface area (Å²) >= 11 is 0. The Balaban J connectivity index is 1.61. The van der Waals surface area contributed by atoms with E-state index in [9.17, 15) is 0 Å². The van der Waals surface area contributed by atoms with Crippen molar-refractivity contribution in [1.82, 2.24) is 5.32 Å². The molecule has 0 saturated carbocycles. The van der Waals surface area contributed by atoms with Crippen molar-refractivity contribution in [3.63, 3.8) is 0 Å². The SMILES string of the molecule is CCOc1c(OC)ccc2c1CCNC2c1cccc(OCc2ccccc2)c1. The third-order valence-electron chi connectivity index (χ3n) is 5.24. The summed E-state index contributed by atoms with van der Waals surface area (Å²) in [6, 6.07) is 22.8. The van der Waals surface area contributed by atoms with Crippen molar-refractivity contribution in [3.8, 4) is 17.2 Å². The first-order chi connectivity index (χ1) is 14.3. The Morgan fingerprint density at radius 2 is 1.83 bits per heavy atom. The first kappa shape index (κ1) is 19.3. The van der Waals surface area contributed by atoms with E-state index in [2.05, 4.69) is 41.7 Å². The van der Waals surface area contributed by atoms with Crippen LogP contribution in [-0.4, -0.2) is 20.3 Å². The van der Waals surface area contributed by atoms with E-state index in [1.54, 1.807) is 7.11 Å². The second-order valence-electron chi connectivity index (χ2n) is 7.08. The molecule has 0 amide bonds. The van der Waals surface area contributed by atoms with Crippen LogP contribution in [0.1, 0.15) is 35.2 Å². The van der Waals surface area contributed by atoms with Gasteiger partial charge < -0.3 is 19.5 Å². The van der Waals surface area contributed by atoms with Crippen LogP contribution in [0.25, 0.3) is 0 Å². The Labute approximate surface area is 172 Å². The van der Waals surface area contributed by atoms with Crippen LogP contribution in [0.5, 0.6) is 17.2 Å². The highest BCUT2D eigenvalue weighted by Crippen LogP contribution is 2.40. The average molecular weight is 389 g/mol. The number of methoxy groups -OCH3 is 1. The number of ether oxygens (including phenoxy) is 3. The molecule has 1 atom stereocenters. The lowest BCUT2D eigenvalue weighted by Crippen LogP contribution is -2.31. The third-order valence-corrected chi connectivity index (χ3v) is 5.24. The Hall–Kier alpha value is -2.98. The predicted octanol–water partition coefficient (Wildman–Crippen LogP) is 4.91. The topological polar surface area (TPSA) is 39.7 Å². The Bertz CT molecular complexity index is 956. The normalized spacial score (nSPS) is 15.4. The fourth-order valence-electron chi connectivity index (χ4n) is 3.89. The molecule has 29 heavy (non-hydrogen) atoms. The molecule has 4 rings (SSSR count). The molecule has 0 fully saturated rings. The van der Waals surface area contributed by atoms with Crippen molar-refractivity contribution in [1.29, 1.82) is 0 Å². The van der Waals surface area contributed by atoms with Crippen molar-refractivity contribution in [2.45, 2.75) is 26.0 Å². The van der Waals surface area contributed by atoms with Crippen LogP contribution in [0.3, 0.4) is 0 Å². The molecule has 1 N–H and O–H groups in total. The van der Waals surface area contributed by atoms with Crippen molar-refractivity contribution in [2.75, 3.05) is 20.3 Å². The van der Waals surface area contributed by atoms with Gasteiger partial charge in [-0.3, -0.25) is 0 Å². The van der Waals surface area contributed by atoms with Crippen LogP contribution in [-0.2, 0) is 13.0 Å². The Kier molecular flexibility index (Phi) is 6.01. The summed E-state index contributed by atoms with van der Waals surface area (Å²) in [6.45, 7) is 4.07. The lowest BCUT2D eigenvalue weighted by molar-refractivity contribution is 0.304. The fraction of sp³-hybridized carbons (Fsp3) is 0.280. The molecule has 4 heteroatoms. The maximum Gasteiger partial charge on any atom is 0.164 e. The molecule has 1 aliphatic rings. The van der Waals surface area contributed by atoms with Crippen molar-refractivity contribution < 1.29 is 14.2 Å². The number of benzene rings is 3. The van der Waals surface area contributed by atoms with Crippen LogP contribution < -0.4 is 19.5 Å². The standard InChI is InChI=1S/C25H27NO3/c1-3-28-25-22-14-15-26-24(21(22)12-13-23(25)27-2)19-10-7-11-20(16-19)29-17-18-8-5-4-6-9-18/h4-13,16,24,26H,3,14-15,17H2,1-2H3. The highest BCUT2D eigenvalue weighted by atomic mass is 16.5. The van der Waals surface area contributed by atoms with Gasteiger partial charge in [-0.05, 0) is 48.2 Å². The second-order valence-corrected chi connectivity index (χ2v) is 7.08.